The first-order valence-electron chi connectivity index (χ1n) is 10.1. The minimum absolute atomic E-state index is 0.117. The van der Waals surface area contributed by atoms with Crippen LogP contribution in [0.15, 0.2) is 84.9 Å². The van der Waals surface area contributed by atoms with Crippen LogP contribution in [0.25, 0.3) is 11.1 Å². The lowest BCUT2D eigenvalue weighted by molar-refractivity contribution is 0.257. The van der Waals surface area contributed by atoms with Gasteiger partial charge in [0.2, 0.25) is 0 Å². The van der Waals surface area contributed by atoms with Gasteiger partial charge in [0.1, 0.15) is 12.4 Å². The molecule has 0 aliphatic carbocycles. The average molecular weight is 422 g/mol. The molecule has 0 heterocycles. The van der Waals surface area contributed by atoms with Gasteiger partial charge >= 0.3 is 0 Å². The molecule has 4 heteroatoms. The van der Waals surface area contributed by atoms with E-state index in [4.69, 9.17) is 16.3 Å². The number of aliphatic hydroxyl groups is 1. The molecule has 0 amide bonds. The fourth-order valence-corrected chi connectivity index (χ4v) is 3.50. The van der Waals surface area contributed by atoms with Crippen LogP contribution in [0, 0.1) is 0 Å². The first-order chi connectivity index (χ1) is 14.6. The third kappa shape index (κ3) is 5.73. The van der Waals surface area contributed by atoms with Crippen molar-refractivity contribution in [3.8, 4) is 5.75 Å². The zero-order chi connectivity index (χ0) is 21.3. The van der Waals surface area contributed by atoms with E-state index in [9.17, 15) is 5.11 Å². The highest BCUT2D eigenvalue weighted by atomic mass is 35.5. The quantitative estimate of drug-likeness (QED) is 0.381. The molecule has 0 saturated carbocycles. The smallest absolute Gasteiger partial charge is 0.119 e. The van der Waals surface area contributed by atoms with Gasteiger partial charge in [0, 0.05) is 6.54 Å². The highest BCUT2D eigenvalue weighted by Gasteiger charge is 2.20. The summed E-state index contributed by atoms with van der Waals surface area (Å²) in [7, 11) is 4.05. The monoisotopic (exact) mass is 421 g/mol. The number of hydrogen-bond donors (Lipinski definition) is 1. The van der Waals surface area contributed by atoms with E-state index >= 15 is 0 Å². The van der Waals surface area contributed by atoms with E-state index in [0.717, 1.165) is 40.1 Å². The number of ether oxygens (including phenoxy) is 1. The fraction of sp³-hybridized carbons (Fsp3) is 0.231. The number of aliphatic hydroxyl groups excluding tert-OH is 1. The summed E-state index contributed by atoms with van der Waals surface area (Å²) in [5.41, 5.74) is 4.77. The molecular formula is C26H28ClNO2. The number of rotatable bonds is 9. The molecule has 0 spiro atoms. The maximum absolute atomic E-state index is 10.9. The number of halogens is 1. The Morgan fingerprint density at radius 3 is 1.90 bits per heavy atom. The number of benzene rings is 3. The normalized spacial score (nSPS) is 13.1. The van der Waals surface area contributed by atoms with Crippen molar-refractivity contribution in [3.63, 3.8) is 0 Å². The molecule has 3 aromatic rings. The zero-order valence-electron chi connectivity index (χ0n) is 17.5. The van der Waals surface area contributed by atoms with Crippen LogP contribution in [-0.4, -0.2) is 49.2 Å². The van der Waals surface area contributed by atoms with Gasteiger partial charge in [-0.05, 0) is 54.1 Å². The van der Waals surface area contributed by atoms with Gasteiger partial charge < -0.3 is 14.7 Å². The Morgan fingerprint density at radius 2 is 1.37 bits per heavy atom. The number of hydrogen-bond acceptors (Lipinski definition) is 3. The van der Waals surface area contributed by atoms with Crippen LogP contribution >= 0.6 is 11.6 Å². The Balaban J connectivity index is 2.08. The molecule has 0 aliphatic heterocycles. The van der Waals surface area contributed by atoms with Gasteiger partial charge in [-0.15, -0.1) is 11.6 Å². The van der Waals surface area contributed by atoms with Crippen molar-refractivity contribution in [2.45, 2.75) is 6.10 Å². The van der Waals surface area contributed by atoms with E-state index in [-0.39, 0.29) is 5.88 Å². The van der Waals surface area contributed by atoms with Crippen molar-refractivity contribution in [1.82, 2.24) is 4.90 Å². The summed E-state index contributed by atoms with van der Waals surface area (Å²) in [6, 6.07) is 28.1. The molecular weight excluding hydrogens is 394 g/mol. The third-order valence-electron chi connectivity index (χ3n) is 4.85. The molecule has 0 saturated heterocycles. The topological polar surface area (TPSA) is 32.7 Å². The second-order valence-corrected chi connectivity index (χ2v) is 7.68. The molecule has 3 rings (SSSR count). The third-order valence-corrected chi connectivity index (χ3v) is 5.14. The van der Waals surface area contributed by atoms with Crippen molar-refractivity contribution in [1.29, 1.82) is 0 Å². The van der Waals surface area contributed by atoms with Crippen LogP contribution in [0.1, 0.15) is 16.7 Å². The fourth-order valence-electron chi connectivity index (χ4n) is 3.34. The van der Waals surface area contributed by atoms with Gasteiger partial charge in [0.05, 0.1) is 12.0 Å². The second kappa shape index (κ2) is 11.0. The Labute approximate surface area is 184 Å². The first-order valence-corrected chi connectivity index (χ1v) is 10.6. The maximum Gasteiger partial charge on any atom is 0.119 e. The molecule has 0 bridgehead atoms. The van der Waals surface area contributed by atoms with Crippen LogP contribution in [0.5, 0.6) is 5.75 Å². The number of alkyl halides is 1. The van der Waals surface area contributed by atoms with E-state index < -0.39 is 6.10 Å². The van der Waals surface area contributed by atoms with Crippen LogP contribution < -0.4 is 4.74 Å². The summed E-state index contributed by atoms with van der Waals surface area (Å²) in [5.74, 6) is 0.943. The van der Waals surface area contributed by atoms with Gasteiger partial charge in [-0.25, -0.2) is 0 Å². The summed E-state index contributed by atoms with van der Waals surface area (Å²) in [5, 5.41) is 10.9. The van der Waals surface area contributed by atoms with E-state index in [1.54, 1.807) is 0 Å². The minimum atomic E-state index is -0.791. The molecule has 30 heavy (non-hydrogen) atoms. The van der Waals surface area contributed by atoms with E-state index in [1.807, 2.05) is 86.9 Å². The number of likely N-dealkylation sites (N-methyl/N-ethyl adjacent to an activating group) is 1. The predicted molar refractivity (Wildman–Crippen MR) is 126 cm³/mol. The molecule has 3 aromatic carbocycles. The Hall–Kier alpha value is -2.59. The van der Waals surface area contributed by atoms with Gasteiger partial charge in [-0.3, -0.25) is 0 Å². The van der Waals surface area contributed by atoms with Crippen molar-refractivity contribution >= 4 is 22.7 Å². The van der Waals surface area contributed by atoms with Crippen LogP contribution in [0.3, 0.4) is 0 Å². The van der Waals surface area contributed by atoms with Crippen molar-refractivity contribution in [3.05, 3.63) is 102 Å². The van der Waals surface area contributed by atoms with Crippen molar-refractivity contribution in [2.75, 3.05) is 33.1 Å². The van der Waals surface area contributed by atoms with Crippen LogP contribution in [0.4, 0.5) is 0 Å². The standard InChI is InChI=1S/C26H28ClNO2/c1-28(2)17-18-30-23-15-13-22(14-16-23)25(20-9-5-3-6-10-20)26(24(29)19-27)21-11-7-4-8-12-21/h3-16,24,29H,17-19H2,1-2H3/b26-25-. The lowest BCUT2D eigenvalue weighted by Gasteiger charge is -2.21. The summed E-state index contributed by atoms with van der Waals surface area (Å²) in [6.07, 6.45) is -0.791. The van der Waals surface area contributed by atoms with Gasteiger partial charge in [-0.2, -0.15) is 0 Å². The maximum atomic E-state index is 10.9. The number of nitrogens with zero attached hydrogens (tertiary/aromatic N) is 1. The van der Waals surface area contributed by atoms with Crippen molar-refractivity contribution < 1.29 is 9.84 Å². The zero-order valence-corrected chi connectivity index (χ0v) is 18.2. The summed E-state index contributed by atoms with van der Waals surface area (Å²) < 4.78 is 5.84. The van der Waals surface area contributed by atoms with Crippen LogP contribution in [0.2, 0.25) is 0 Å². The Bertz CT molecular complexity index is 938. The molecule has 0 fully saturated rings. The summed E-state index contributed by atoms with van der Waals surface area (Å²) in [6.45, 7) is 1.49. The van der Waals surface area contributed by atoms with Gasteiger partial charge in [-0.1, -0.05) is 72.8 Å². The molecule has 1 unspecified atom stereocenters. The molecule has 0 radical (unpaired) electrons. The highest BCUT2D eigenvalue weighted by molar-refractivity contribution is 6.19. The largest absolute Gasteiger partial charge is 0.492 e. The second-order valence-electron chi connectivity index (χ2n) is 7.37. The molecule has 1 N–H and O–H groups in total. The van der Waals surface area contributed by atoms with Crippen LogP contribution in [-0.2, 0) is 0 Å². The molecule has 156 valence electrons. The van der Waals surface area contributed by atoms with Crippen molar-refractivity contribution in [2.24, 2.45) is 0 Å². The lowest BCUT2D eigenvalue weighted by atomic mass is 9.87. The molecule has 3 nitrogen and oxygen atoms in total. The van der Waals surface area contributed by atoms with E-state index in [0.29, 0.717) is 6.61 Å². The Kier molecular flexibility index (Phi) is 8.09. The SMILES string of the molecule is CN(C)CCOc1ccc(/C(=C(/c2ccccc2)C(O)CCl)c2ccccc2)cc1. The first kappa shape index (κ1) is 22.1. The molecule has 0 aromatic heterocycles. The van der Waals surface area contributed by atoms with Gasteiger partial charge in [0.25, 0.3) is 0 Å². The molecule has 1 atom stereocenters. The lowest BCUT2D eigenvalue weighted by Crippen LogP contribution is -2.19. The van der Waals surface area contributed by atoms with E-state index in [1.165, 1.54) is 0 Å². The predicted octanol–water partition coefficient (Wildman–Crippen LogP) is 5.19. The average Bonchev–Trinajstić information content (AvgIpc) is 2.78. The van der Waals surface area contributed by atoms with E-state index in [2.05, 4.69) is 17.0 Å². The summed E-state index contributed by atoms with van der Waals surface area (Å²) in [4.78, 5) is 2.09. The minimum Gasteiger partial charge on any atom is -0.492 e. The highest BCUT2D eigenvalue weighted by Crippen LogP contribution is 2.35. The van der Waals surface area contributed by atoms with Gasteiger partial charge in [0.15, 0.2) is 0 Å². The summed E-state index contributed by atoms with van der Waals surface area (Å²) >= 11 is 6.12. The molecule has 0 aliphatic rings. The Morgan fingerprint density at radius 1 is 0.833 bits per heavy atom.